The van der Waals surface area contributed by atoms with Crippen LogP contribution in [0.2, 0.25) is 0 Å². The summed E-state index contributed by atoms with van der Waals surface area (Å²) in [5.74, 6) is 0.743. The van der Waals surface area contributed by atoms with E-state index in [9.17, 15) is 0 Å². The van der Waals surface area contributed by atoms with Crippen molar-refractivity contribution in [2.24, 2.45) is 5.92 Å². The van der Waals surface area contributed by atoms with Crippen LogP contribution >= 0.6 is 0 Å². The highest BCUT2D eigenvalue weighted by atomic mass is 15.0. The average Bonchev–Trinajstić information content (AvgIpc) is 1.98. The number of rotatable bonds is 5. The van der Waals surface area contributed by atoms with E-state index in [2.05, 4.69) is 24.5 Å². The topological polar surface area (TPSA) is 24.1 Å². The Labute approximate surface area is 76.1 Å². The van der Waals surface area contributed by atoms with Gasteiger partial charge in [-0.3, -0.25) is 0 Å². The Morgan fingerprint density at radius 1 is 1.33 bits per heavy atom. The van der Waals surface area contributed by atoms with E-state index in [1.54, 1.807) is 0 Å². The van der Waals surface area contributed by atoms with Crippen molar-refractivity contribution in [1.82, 2.24) is 10.6 Å². The molecule has 1 aliphatic rings. The van der Waals surface area contributed by atoms with Gasteiger partial charge < -0.3 is 10.6 Å². The summed E-state index contributed by atoms with van der Waals surface area (Å²) in [7, 11) is 2.02. The lowest BCUT2D eigenvalue weighted by Gasteiger charge is -2.40. The van der Waals surface area contributed by atoms with Crippen molar-refractivity contribution >= 4 is 0 Å². The van der Waals surface area contributed by atoms with Crippen LogP contribution in [0, 0.1) is 5.92 Å². The summed E-state index contributed by atoms with van der Waals surface area (Å²) < 4.78 is 0. The molecule has 0 spiro atoms. The molecular weight excluding hydrogens is 148 g/mol. The van der Waals surface area contributed by atoms with Gasteiger partial charge in [0.25, 0.3) is 0 Å². The first-order chi connectivity index (χ1) is 5.66. The standard InChI is InChI=1S/C10H22N2/c1-9(7-11-3)8-12-10(2)5-4-6-10/h9,11-12H,4-8H2,1-3H3. The Hall–Kier alpha value is -0.0800. The fourth-order valence-corrected chi connectivity index (χ4v) is 1.73. The van der Waals surface area contributed by atoms with E-state index in [-0.39, 0.29) is 0 Å². The molecule has 1 unspecified atom stereocenters. The monoisotopic (exact) mass is 170 g/mol. The van der Waals surface area contributed by atoms with Crippen molar-refractivity contribution in [3.63, 3.8) is 0 Å². The molecule has 1 saturated carbocycles. The smallest absolute Gasteiger partial charge is 0.0153 e. The minimum absolute atomic E-state index is 0.474. The normalized spacial score (nSPS) is 23.2. The van der Waals surface area contributed by atoms with Crippen molar-refractivity contribution in [3.8, 4) is 0 Å². The summed E-state index contributed by atoms with van der Waals surface area (Å²) in [5, 5.41) is 6.84. The second kappa shape index (κ2) is 4.24. The molecule has 12 heavy (non-hydrogen) atoms. The Balaban J connectivity index is 2.07. The van der Waals surface area contributed by atoms with Crippen LogP contribution in [-0.4, -0.2) is 25.7 Å². The van der Waals surface area contributed by atoms with Gasteiger partial charge in [-0.15, -0.1) is 0 Å². The predicted octanol–water partition coefficient (Wildman–Crippen LogP) is 1.37. The molecule has 1 rings (SSSR count). The van der Waals surface area contributed by atoms with Gasteiger partial charge in [0.1, 0.15) is 0 Å². The van der Waals surface area contributed by atoms with Crippen LogP contribution in [-0.2, 0) is 0 Å². The molecule has 0 radical (unpaired) electrons. The molecule has 0 aromatic carbocycles. The Bertz CT molecular complexity index is 130. The van der Waals surface area contributed by atoms with Crippen molar-refractivity contribution in [1.29, 1.82) is 0 Å². The van der Waals surface area contributed by atoms with Gasteiger partial charge in [-0.2, -0.15) is 0 Å². The zero-order chi connectivity index (χ0) is 9.03. The van der Waals surface area contributed by atoms with E-state index in [4.69, 9.17) is 0 Å². The Morgan fingerprint density at radius 2 is 2.00 bits per heavy atom. The molecule has 2 heteroatoms. The molecule has 0 heterocycles. The van der Waals surface area contributed by atoms with Gasteiger partial charge in [0.2, 0.25) is 0 Å². The van der Waals surface area contributed by atoms with Gasteiger partial charge in [0.05, 0.1) is 0 Å². The van der Waals surface area contributed by atoms with Crippen LogP contribution in [0.15, 0.2) is 0 Å². The second-order valence-corrected chi connectivity index (χ2v) is 4.46. The predicted molar refractivity (Wildman–Crippen MR) is 53.3 cm³/mol. The van der Waals surface area contributed by atoms with Gasteiger partial charge >= 0.3 is 0 Å². The zero-order valence-electron chi connectivity index (χ0n) is 8.61. The van der Waals surface area contributed by atoms with Gasteiger partial charge in [-0.05, 0) is 52.2 Å². The maximum atomic E-state index is 3.64. The SMILES string of the molecule is CNCC(C)CNC1(C)CCC1. The van der Waals surface area contributed by atoms with Gasteiger partial charge in [0.15, 0.2) is 0 Å². The first-order valence-electron chi connectivity index (χ1n) is 5.06. The Kier molecular flexibility index (Phi) is 3.53. The molecule has 1 aliphatic carbocycles. The van der Waals surface area contributed by atoms with E-state index in [1.807, 2.05) is 7.05 Å². The molecule has 0 saturated heterocycles. The molecule has 2 N–H and O–H groups in total. The summed E-state index contributed by atoms with van der Waals surface area (Å²) in [6.45, 7) is 6.88. The highest BCUT2D eigenvalue weighted by Crippen LogP contribution is 2.30. The average molecular weight is 170 g/mol. The molecule has 0 bridgehead atoms. The summed E-state index contributed by atoms with van der Waals surface area (Å²) in [6.07, 6.45) is 4.13. The first kappa shape index (κ1) is 10.0. The number of hydrogen-bond donors (Lipinski definition) is 2. The molecule has 72 valence electrons. The summed E-state index contributed by atoms with van der Waals surface area (Å²) >= 11 is 0. The van der Waals surface area contributed by atoms with Crippen molar-refractivity contribution in [2.45, 2.75) is 38.6 Å². The third-order valence-electron chi connectivity index (χ3n) is 2.89. The van der Waals surface area contributed by atoms with Crippen LogP contribution in [0.4, 0.5) is 0 Å². The van der Waals surface area contributed by atoms with Gasteiger partial charge in [0, 0.05) is 5.54 Å². The maximum absolute atomic E-state index is 3.64. The van der Waals surface area contributed by atoms with Crippen molar-refractivity contribution in [2.75, 3.05) is 20.1 Å². The van der Waals surface area contributed by atoms with E-state index >= 15 is 0 Å². The fourth-order valence-electron chi connectivity index (χ4n) is 1.73. The molecule has 0 aromatic rings. The minimum Gasteiger partial charge on any atom is -0.319 e. The summed E-state index contributed by atoms with van der Waals surface area (Å²) in [4.78, 5) is 0. The summed E-state index contributed by atoms with van der Waals surface area (Å²) in [6, 6.07) is 0. The number of hydrogen-bond acceptors (Lipinski definition) is 2. The van der Waals surface area contributed by atoms with Gasteiger partial charge in [-0.1, -0.05) is 6.92 Å². The third kappa shape index (κ3) is 2.76. The zero-order valence-corrected chi connectivity index (χ0v) is 8.61. The van der Waals surface area contributed by atoms with Crippen molar-refractivity contribution < 1.29 is 0 Å². The van der Waals surface area contributed by atoms with Crippen LogP contribution in [0.25, 0.3) is 0 Å². The lowest BCUT2D eigenvalue weighted by atomic mass is 9.78. The summed E-state index contributed by atoms with van der Waals surface area (Å²) in [5.41, 5.74) is 0.474. The molecule has 0 aromatic heterocycles. The fraction of sp³-hybridized carbons (Fsp3) is 1.00. The van der Waals surface area contributed by atoms with Gasteiger partial charge in [-0.25, -0.2) is 0 Å². The van der Waals surface area contributed by atoms with E-state index in [0.717, 1.165) is 19.0 Å². The second-order valence-electron chi connectivity index (χ2n) is 4.46. The first-order valence-corrected chi connectivity index (χ1v) is 5.06. The maximum Gasteiger partial charge on any atom is 0.0153 e. The van der Waals surface area contributed by atoms with Crippen LogP contribution < -0.4 is 10.6 Å². The highest BCUT2D eigenvalue weighted by molar-refractivity contribution is 4.91. The Morgan fingerprint density at radius 3 is 2.42 bits per heavy atom. The third-order valence-corrected chi connectivity index (χ3v) is 2.89. The quantitative estimate of drug-likeness (QED) is 0.651. The van der Waals surface area contributed by atoms with Crippen molar-refractivity contribution in [3.05, 3.63) is 0 Å². The van der Waals surface area contributed by atoms with Crippen LogP contribution in [0.5, 0.6) is 0 Å². The molecular formula is C10H22N2. The van der Waals surface area contributed by atoms with E-state index in [1.165, 1.54) is 19.3 Å². The van der Waals surface area contributed by atoms with Crippen LogP contribution in [0.1, 0.15) is 33.1 Å². The lowest BCUT2D eigenvalue weighted by molar-refractivity contribution is 0.199. The molecule has 0 aliphatic heterocycles. The molecule has 0 amide bonds. The molecule has 1 fully saturated rings. The lowest BCUT2D eigenvalue weighted by Crippen LogP contribution is -2.50. The van der Waals surface area contributed by atoms with E-state index in [0.29, 0.717) is 5.54 Å². The largest absolute Gasteiger partial charge is 0.319 e. The highest BCUT2D eigenvalue weighted by Gasteiger charge is 2.30. The molecule has 1 atom stereocenters. The molecule has 2 nitrogen and oxygen atoms in total. The number of nitrogens with one attached hydrogen (secondary N) is 2. The minimum atomic E-state index is 0.474. The van der Waals surface area contributed by atoms with Crippen LogP contribution in [0.3, 0.4) is 0 Å². The van der Waals surface area contributed by atoms with E-state index < -0.39 is 0 Å².